The molecule has 1 aromatic heterocycles. The van der Waals surface area contributed by atoms with Gasteiger partial charge in [-0.1, -0.05) is 13.8 Å². The minimum Gasteiger partial charge on any atom is -0.461 e. The van der Waals surface area contributed by atoms with Crippen LogP contribution >= 0.6 is 0 Å². The molecule has 0 spiro atoms. The van der Waals surface area contributed by atoms with Gasteiger partial charge in [-0.25, -0.2) is 9.59 Å². The summed E-state index contributed by atoms with van der Waals surface area (Å²) in [4.78, 5) is 28.6. The van der Waals surface area contributed by atoms with E-state index < -0.39 is 12.1 Å². The van der Waals surface area contributed by atoms with Crippen LogP contribution in [0.1, 0.15) is 45.1 Å². The molecule has 0 aromatic carbocycles. The van der Waals surface area contributed by atoms with Gasteiger partial charge in [0, 0.05) is 23.7 Å². The van der Waals surface area contributed by atoms with Gasteiger partial charge < -0.3 is 19.1 Å². The van der Waals surface area contributed by atoms with E-state index in [1.54, 1.807) is 22.9 Å². The molecule has 0 unspecified atom stereocenters. The Labute approximate surface area is 146 Å². The van der Waals surface area contributed by atoms with Crippen molar-refractivity contribution >= 4 is 18.2 Å². The molecule has 0 bridgehead atoms. The maximum Gasteiger partial charge on any atom is 0.331 e. The molecule has 6 atom stereocenters. The lowest BCUT2D eigenvalue weighted by atomic mass is 9.99. The third-order valence-corrected chi connectivity index (χ3v) is 5.41. The Kier molecular flexibility index (Phi) is 4.69. The Morgan fingerprint density at radius 1 is 1.08 bits per heavy atom. The minimum atomic E-state index is -0.553. The van der Waals surface area contributed by atoms with E-state index in [9.17, 15) is 14.7 Å². The molecule has 0 saturated carbocycles. The van der Waals surface area contributed by atoms with Crippen LogP contribution in [-0.2, 0) is 25.7 Å². The third-order valence-electron chi connectivity index (χ3n) is 5.41. The maximum absolute atomic E-state index is 12.3. The van der Waals surface area contributed by atoms with Gasteiger partial charge in [-0.2, -0.15) is 0 Å². The highest BCUT2D eigenvalue weighted by Crippen LogP contribution is 2.34. The first-order chi connectivity index (χ1) is 11.8. The number of esters is 2. The summed E-state index contributed by atoms with van der Waals surface area (Å²) in [5.74, 6) is -0.700. The van der Waals surface area contributed by atoms with Gasteiger partial charge >= 0.3 is 11.9 Å². The van der Waals surface area contributed by atoms with Crippen molar-refractivity contribution in [3.8, 4) is 0 Å². The lowest BCUT2D eigenvalue weighted by Crippen LogP contribution is -2.25. The molecular formula is C18H24N2O5. The van der Waals surface area contributed by atoms with Gasteiger partial charge in [-0.05, 0) is 26.0 Å². The number of aliphatic imine (C=N–C) groups is 1. The molecule has 0 radical (unpaired) electrons. The molecule has 7 heteroatoms. The Bertz CT molecular complexity index is 710. The molecular weight excluding hydrogens is 324 g/mol. The first-order valence-corrected chi connectivity index (χ1v) is 8.60. The van der Waals surface area contributed by atoms with Gasteiger partial charge in [-0.15, -0.1) is 0 Å². The lowest BCUT2D eigenvalue weighted by molar-refractivity contribution is -0.143. The standard InChI is InChI=1S/C18H24N2O5/c1-9-11(3)24-17(22)15(9)19-7-13-5-6-14(8-21)20(13)16-10(2)12(4)25-18(16)23/h5-7,9-12,15-16,21H,8H2,1-4H3/t9-,10-,11-,12-,15+,16-/m1/s1. The topological polar surface area (TPSA) is 90.1 Å². The number of hydrogen-bond donors (Lipinski definition) is 1. The van der Waals surface area contributed by atoms with Gasteiger partial charge in [0.15, 0.2) is 6.04 Å². The zero-order valence-electron chi connectivity index (χ0n) is 14.9. The van der Waals surface area contributed by atoms with Crippen molar-refractivity contribution in [3.05, 3.63) is 23.5 Å². The summed E-state index contributed by atoms with van der Waals surface area (Å²) in [6.45, 7) is 7.38. The lowest BCUT2D eigenvalue weighted by Gasteiger charge is -2.19. The fourth-order valence-corrected chi connectivity index (χ4v) is 3.44. The molecule has 3 heterocycles. The van der Waals surface area contributed by atoms with E-state index in [0.717, 1.165) is 0 Å². The molecule has 2 fully saturated rings. The van der Waals surface area contributed by atoms with Gasteiger partial charge in [0.1, 0.15) is 18.2 Å². The van der Waals surface area contributed by atoms with Crippen LogP contribution in [0.2, 0.25) is 0 Å². The number of carbonyl (C=O) groups is 2. The Hall–Kier alpha value is -2.15. The highest BCUT2D eigenvalue weighted by atomic mass is 16.6. The largest absolute Gasteiger partial charge is 0.461 e. The highest BCUT2D eigenvalue weighted by molar-refractivity contribution is 5.86. The van der Waals surface area contributed by atoms with E-state index >= 15 is 0 Å². The fourth-order valence-electron chi connectivity index (χ4n) is 3.44. The van der Waals surface area contributed by atoms with Crippen molar-refractivity contribution in [2.24, 2.45) is 16.8 Å². The van der Waals surface area contributed by atoms with Gasteiger partial charge in [0.25, 0.3) is 0 Å². The quantitative estimate of drug-likeness (QED) is 0.657. The van der Waals surface area contributed by atoms with Crippen molar-refractivity contribution in [2.45, 2.75) is 58.6 Å². The van der Waals surface area contributed by atoms with E-state index in [2.05, 4.69) is 4.99 Å². The van der Waals surface area contributed by atoms with Crippen LogP contribution in [0.15, 0.2) is 17.1 Å². The summed E-state index contributed by atoms with van der Waals surface area (Å²) in [6.07, 6.45) is 1.23. The van der Waals surface area contributed by atoms with Crippen molar-refractivity contribution in [2.75, 3.05) is 0 Å². The predicted molar refractivity (Wildman–Crippen MR) is 90.2 cm³/mol. The molecule has 0 aliphatic carbocycles. The number of ether oxygens (including phenoxy) is 2. The Morgan fingerprint density at radius 3 is 2.24 bits per heavy atom. The zero-order valence-corrected chi connectivity index (χ0v) is 14.9. The molecule has 0 amide bonds. The molecule has 2 aliphatic rings. The smallest absolute Gasteiger partial charge is 0.331 e. The number of aliphatic hydroxyl groups is 1. The van der Waals surface area contributed by atoms with Crippen molar-refractivity contribution in [1.82, 2.24) is 4.57 Å². The average Bonchev–Trinajstić information content (AvgIpc) is 3.15. The number of aromatic nitrogens is 1. The number of hydrogen-bond acceptors (Lipinski definition) is 6. The van der Waals surface area contributed by atoms with Crippen LogP contribution in [-0.4, -0.2) is 46.1 Å². The van der Waals surface area contributed by atoms with Gasteiger partial charge in [0.05, 0.1) is 12.3 Å². The number of aliphatic hydroxyl groups excluding tert-OH is 1. The highest BCUT2D eigenvalue weighted by Gasteiger charge is 2.42. The summed E-state index contributed by atoms with van der Waals surface area (Å²) in [5, 5.41) is 9.64. The van der Waals surface area contributed by atoms with Crippen LogP contribution in [0.5, 0.6) is 0 Å². The molecule has 7 nitrogen and oxygen atoms in total. The van der Waals surface area contributed by atoms with E-state index in [0.29, 0.717) is 11.4 Å². The molecule has 1 N–H and O–H groups in total. The first kappa shape index (κ1) is 17.7. The summed E-state index contributed by atoms with van der Waals surface area (Å²) >= 11 is 0. The average molecular weight is 348 g/mol. The summed E-state index contributed by atoms with van der Waals surface area (Å²) in [7, 11) is 0. The molecule has 136 valence electrons. The third kappa shape index (κ3) is 2.97. The second-order valence-corrected chi connectivity index (χ2v) is 6.95. The Balaban J connectivity index is 1.93. The van der Waals surface area contributed by atoms with Crippen LogP contribution in [0.3, 0.4) is 0 Å². The summed E-state index contributed by atoms with van der Waals surface area (Å²) in [6, 6.07) is 2.47. The van der Waals surface area contributed by atoms with Crippen LogP contribution < -0.4 is 0 Å². The van der Waals surface area contributed by atoms with Gasteiger partial charge in [-0.3, -0.25) is 4.99 Å². The van der Waals surface area contributed by atoms with E-state index in [1.807, 2.05) is 27.7 Å². The molecule has 2 saturated heterocycles. The zero-order chi connectivity index (χ0) is 18.3. The molecule has 3 rings (SSSR count). The first-order valence-electron chi connectivity index (χ1n) is 8.60. The van der Waals surface area contributed by atoms with Crippen LogP contribution in [0.25, 0.3) is 0 Å². The minimum absolute atomic E-state index is 0.0140. The molecule has 25 heavy (non-hydrogen) atoms. The maximum atomic E-state index is 12.3. The number of rotatable bonds is 4. The van der Waals surface area contributed by atoms with Gasteiger partial charge in [0.2, 0.25) is 0 Å². The normalized spacial score (nSPS) is 35.4. The van der Waals surface area contributed by atoms with Crippen LogP contribution in [0.4, 0.5) is 0 Å². The second-order valence-electron chi connectivity index (χ2n) is 6.95. The number of carbonyl (C=O) groups excluding carboxylic acids is 2. The summed E-state index contributed by atoms with van der Waals surface area (Å²) in [5.41, 5.74) is 1.27. The van der Waals surface area contributed by atoms with E-state index in [4.69, 9.17) is 9.47 Å². The fraction of sp³-hybridized carbons (Fsp3) is 0.611. The number of cyclic esters (lactones) is 2. The monoisotopic (exact) mass is 348 g/mol. The number of nitrogens with zero attached hydrogens (tertiary/aromatic N) is 2. The Morgan fingerprint density at radius 2 is 1.72 bits per heavy atom. The molecule has 2 aliphatic heterocycles. The SMILES string of the molecule is C[C@@H]1[C@@H](C)OC(=O)[C@@H]1n1c(C=N[C@@H]2C(=O)O[C@H](C)[C@H]2C)ccc1CO. The second kappa shape index (κ2) is 6.63. The van der Waals surface area contributed by atoms with Crippen molar-refractivity contribution < 1.29 is 24.2 Å². The van der Waals surface area contributed by atoms with Crippen molar-refractivity contribution in [3.63, 3.8) is 0 Å². The van der Waals surface area contributed by atoms with E-state index in [1.165, 1.54) is 0 Å². The summed E-state index contributed by atoms with van der Waals surface area (Å²) < 4.78 is 12.3. The molecule has 1 aromatic rings. The predicted octanol–water partition coefficient (Wildman–Crippen LogP) is 1.47. The van der Waals surface area contributed by atoms with Crippen molar-refractivity contribution in [1.29, 1.82) is 0 Å². The van der Waals surface area contributed by atoms with Crippen LogP contribution in [0, 0.1) is 11.8 Å². The van der Waals surface area contributed by atoms with E-state index in [-0.39, 0.29) is 42.6 Å².